The number of aryl methyl sites for hydroxylation is 1. The fourth-order valence-corrected chi connectivity index (χ4v) is 4.97. The predicted molar refractivity (Wildman–Crippen MR) is 108 cm³/mol. The van der Waals surface area contributed by atoms with Gasteiger partial charge in [-0.15, -0.1) is 0 Å². The first-order chi connectivity index (χ1) is 13.6. The molecule has 1 aliphatic carbocycles. The van der Waals surface area contributed by atoms with E-state index in [1.807, 2.05) is 24.3 Å². The monoisotopic (exact) mass is 411 g/mol. The molecule has 0 bridgehead atoms. The van der Waals surface area contributed by atoms with Crippen molar-refractivity contribution in [2.75, 3.05) is 5.32 Å². The highest BCUT2D eigenvalue weighted by Crippen LogP contribution is 2.34. The SMILES string of the molecule is O=C(Nc1c2c(nn1-c1nc3ccccc3s1)CCC2)c1ccc([N+](=O)[O-])s1. The largest absolute Gasteiger partial charge is 0.324 e. The van der Waals surface area contributed by atoms with Crippen LogP contribution in [0.25, 0.3) is 15.3 Å². The predicted octanol–water partition coefficient (Wildman–Crippen LogP) is 4.19. The van der Waals surface area contributed by atoms with Crippen molar-refractivity contribution >= 4 is 49.6 Å². The smallest absolute Gasteiger partial charge is 0.305 e. The van der Waals surface area contributed by atoms with E-state index >= 15 is 0 Å². The van der Waals surface area contributed by atoms with Gasteiger partial charge >= 0.3 is 5.00 Å². The summed E-state index contributed by atoms with van der Waals surface area (Å²) in [5.41, 5.74) is 2.86. The van der Waals surface area contributed by atoms with Crippen molar-refractivity contribution in [3.8, 4) is 5.13 Å². The van der Waals surface area contributed by atoms with Gasteiger partial charge in [0.2, 0.25) is 5.13 Å². The summed E-state index contributed by atoms with van der Waals surface area (Å²) in [6.45, 7) is 0. The Kier molecular flexibility index (Phi) is 3.95. The summed E-state index contributed by atoms with van der Waals surface area (Å²) in [7, 11) is 0. The second-order valence-corrected chi connectivity index (χ2v) is 8.42. The van der Waals surface area contributed by atoms with E-state index in [0.717, 1.165) is 52.1 Å². The Balaban J connectivity index is 1.55. The van der Waals surface area contributed by atoms with E-state index in [-0.39, 0.29) is 15.8 Å². The average Bonchev–Trinajstić information content (AvgIpc) is 3.44. The summed E-state index contributed by atoms with van der Waals surface area (Å²) in [4.78, 5) is 28.1. The number of benzene rings is 1. The second-order valence-electron chi connectivity index (χ2n) is 6.35. The molecule has 0 aliphatic heterocycles. The minimum atomic E-state index is -0.496. The molecule has 3 aromatic heterocycles. The standard InChI is InChI=1S/C18H13N5O3S2/c24-17(14-8-9-15(27-14)23(25)26)20-16-10-4-3-6-11(10)21-22(16)18-19-12-5-1-2-7-13(12)28-18/h1-2,5,7-9H,3-4,6H2,(H,20,24). The molecule has 0 fully saturated rings. The maximum Gasteiger partial charge on any atom is 0.324 e. The lowest BCUT2D eigenvalue weighted by Crippen LogP contribution is -2.15. The lowest BCUT2D eigenvalue weighted by Gasteiger charge is -2.07. The summed E-state index contributed by atoms with van der Waals surface area (Å²) in [5, 5.41) is 19.1. The Labute approximate surface area is 166 Å². The molecular weight excluding hydrogens is 398 g/mol. The van der Waals surface area contributed by atoms with Crippen LogP contribution in [0.5, 0.6) is 0 Å². The van der Waals surface area contributed by atoms with Crippen LogP contribution >= 0.6 is 22.7 Å². The van der Waals surface area contributed by atoms with Crippen molar-refractivity contribution in [1.82, 2.24) is 14.8 Å². The number of amides is 1. The van der Waals surface area contributed by atoms with Crippen molar-refractivity contribution in [1.29, 1.82) is 0 Å². The number of thiophene rings is 1. The van der Waals surface area contributed by atoms with E-state index in [1.54, 1.807) is 4.68 Å². The summed E-state index contributed by atoms with van der Waals surface area (Å²) >= 11 is 2.36. The number of fused-ring (bicyclic) bond motifs is 2. The molecular formula is C18H13N5O3S2. The van der Waals surface area contributed by atoms with Crippen LogP contribution in [0.1, 0.15) is 27.3 Å². The number of para-hydroxylation sites is 1. The van der Waals surface area contributed by atoms with Crippen molar-refractivity contribution in [3.05, 3.63) is 62.6 Å². The number of rotatable bonds is 4. The third-order valence-corrected chi connectivity index (χ3v) is 6.65. The number of nitro groups is 1. The second kappa shape index (κ2) is 6.50. The fraction of sp³-hybridized carbons (Fsp3) is 0.167. The van der Waals surface area contributed by atoms with Crippen LogP contribution in [0.2, 0.25) is 0 Å². The van der Waals surface area contributed by atoms with Crippen molar-refractivity contribution < 1.29 is 9.72 Å². The first-order valence-corrected chi connectivity index (χ1v) is 10.3. The number of thiazole rings is 1. The third kappa shape index (κ3) is 2.77. The zero-order valence-corrected chi connectivity index (χ0v) is 16.0. The molecule has 10 heteroatoms. The van der Waals surface area contributed by atoms with E-state index in [4.69, 9.17) is 0 Å². The number of carbonyl (C=O) groups excluding carboxylic acids is 1. The Bertz CT molecular complexity index is 1210. The van der Waals surface area contributed by atoms with Gasteiger partial charge in [-0.25, -0.2) is 4.98 Å². The van der Waals surface area contributed by atoms with Gasteiger partial charge in [0.15, 0.2) is 0 Å². The van der Waals surface area contributed by atoms with Crippen molar-refractivity contribution in [2.45, 2.75) is 19.3 Å². The summed E-state index contributed by atoms with van der Waals surface area (Å²) in [6.07, 6.45) is 2.69. The van der Waals surface area contributed by atoms with Gasteiger partial charge in [0.1, 0.15) is 5.82 Å². The minimum Gasteiger partial charge on any atom is -0.305 e. The van der Waals surface area contributed by atoms with Crippen LogP contribution < -0.4 is 5.32 Å². The average molecular weight is 411 g/mol. The highest BCUT2D eigenvalue weighted by Gasteiger charge is 2.26. The van der Waals surface area contributed by atoms with E-state index < -0.39 is 4.92 Å². The zero-order chi connectivity index (χ0) is 19.3. The number of aromatic nitrogens is 3. The molecule has 1 amide bonds. The van der Waals surface area contributed by atoms with Crippen molar-refractivity contribution in [3.63, 3.8) is 0 Å². The first-order valence-electron chi connectivity index (χ1n) is 8.62. The summed E-state index contributed by atoms with van der Waals surface area (Å²) in [6, 6.07) is 10.6. The van der Waals surface area contributed by atoms with Gasteiger partial charge < -0.3 is 5.32 Å². The molecule has 0 saturated carbocycles. The molecule has 1 N–H and O–H groups in total. The van der Waals surface area contributed by atoms with Crippen LogP contribution in [-0.4, -0.2) is 25.6 Å². The maximum absolute atomic E-state index is 12.7. The topological polar surface area (TPSA) is 103 Å². The molecule has 28 heavy (non-hydrogen) atoms. The Morgan fingerprint density at radius 2 is 2.04 bits per heavy atom. The Morgan fingerprint density at radius 3 is 2.82 bits per heavy atom. The minimum absolute atomic E-state index is 0.0601. The van der Waals surface area contributed by atoms with E-state index in [0.29, 0.717) is 10.9 Å². The number of hydrogen-bond acceptors (Lipinski definition) is 7. The van der Waals surface area contributed by atoms with Crippen molar-refractivity contribution in [2.24, 2.45) is 0 Å². The normalized spacial score (nSPS) is 13.0. The van der Waals surface area contributed by atoms with Gasteiger partial charge in [-0.1, -0.05) is 34.8 Å². The molecule has 140 valence electrons. The van der Waals surface area contributed by atoms with Gasteiger partial charge in [-0.05, 0) is 37.5 Å². The molecule has 0 spiro atoms. The number of nitrogens with zero attached hydrogens (tertiary/aromatic N) is 4. The number of hydrogen-bond donors (Lipinski definition) is 1. The third-order valence-electron chi connectivity index (χ3n) is 4.60. The molecule has 0 radical (unpaired) electrons. The number of carbonyl (C=O) groups is 1. The van der Waals surface area contributed by atoms with Crippen LogP contribution in [0.3, 0.4) is 0 Å². The highest BCUT2D eigenvalue weighted by atomic mass is 32.1. The Morgan fingerprint density at radius 1 is 1.18 bits per heavy atom. The molecule has 1 aliphatic rings. The van der Waals surface area contributed by atoms with E-state index in [2.05, 4.69) is 15.4 Å². The molecule has 0 saturated heterocycles. The first kappa shape index (κ1) is 17.0. The summed E-state index contributed by atoms with van der Waals surface area (Å²) < 4.78 is 2.73. The number of anilines is 1. The van der Waals surface area contributed by atoms with Crippen LogP contribution in [-0.2, 0) is 12.8 Å². The van der Waals surface area contributed by atoms with Crippen LogP contribution in [0, 0.1) is 10.1 Å². The molecule has 0 unspecified atom stereocenters. The molecule has 4 aromatic rings. The van der Waals surface area contributed by atoms with Gasteiger partial charge in [-0.2, -0.15) is 9.78 Å². The maximum atomic E-state index is 12.7. The Hall–Kier alpha value is -3.11. The fourth-order valence-electron chi connectivity index (χ4n) is 3.33. The molecule has 5 rings (SSSR count). The molecule has 1 aromatic carbocycles. The van der Waals surface area contributed by atoms with Gasteiger partial charge in [0.05, 0.1) is 25.7 Å². The summed E-state index contributed by atoms with van der Waals surface area (Å²) in [5.74, 6) is 0.225. The van der Waals surface area contributed by atoms with Crippen LogP contribution in [0.4, 0.5) is 10.8 Å². The quantitative estimate of drug-likeness (QED) is 0.401. The lowest BCUT2D eigenvalue weighted by molar-refractivity contribution is -0.380. The van der Waals surface area contributed by atoms with E-state index in [1.165, 1.54) is 23.5 Å². The van der Waals surface area contributed by atoms with E-state index in [9.17, 15) is 14.9 Å². The molecule has 8 nitrogen and oxygen atoms in total. The lowest BCUT2D eigenvalue weighted by atomic mass is 10.2. The van der Waals surface area contributed by atoms with Gasteiger partial charge in [0.25, 0.3) is 5.91 Å². The molecule has 3 heterocycles. The van der Waals surface area contributed by atoms with Crippen LogP contribution in [0.15, 0.2) is 36.4 Å². The van der Waals surface area contributed by atoms with Gasteiger partial charge in [0, 0.05) is 11.6 Å². The van der Waals surface area contributed by atoms with Gasteiger partial charge in [-0.3, -0.25) is 14.9 Å². The highest BCUT2D eigenvalue weighted by molar-refractivity contribution is 7.20. The number of nitrogens with one attached hydrogen (secondary N) is 1. The molecule has 0 atom stereocenters. The zero-order valence-electron chi connectivity index (χ0n) is 14.4.